The lowest BCUT2D eigenvalue weighted by atomic mass is 10.2. The second-order valence-electron chi connectivity index (χ2n) is 4.87. The third-order valence-corrected chi connectivity index (χ3v) is 3.44. The van der Waals surface area contributed by atoms with E-state index in [-0.39, 0.29) is 11.6 Å². The molecule has 0 unspecified atom stereocenters. The van der Waals surface area contributed by atoms with Gasteiger partial charge in [-0.1, -0.05) is 43.5 Å². The first-order chi connectivity index (χ1) is 10.7. The molecule has 116 valence electrons. The lowest BCUT2D eigenvalue weighted by Gasteiger charge is -2.07. The monoisotopic (exact) mass is 318 g/mol. The summed E-state index contributed by atoms with van der Waals surface area (Å²) in [6.07, 6.45) is 3.44. The van der Waals surface area contributed by atoms with E-state index in [1.54, 1.807) is 36.4 Å². The summed E-state index contributed by atoms with van der Waals surface area (Å²) < 4.78 is 0. The van der Waals surface area contributed by atoms with Crippen LogP contribution in [0.1, 0.15) is 36.7 Å². The summed E-state index contributed by atoms with van der Waals surface area (Å²) in [6, 6.07) is 10.4. The van der Waals surface area contributed by atoms with Gasteiger partial charge in [0.2, 0.25) is 0 Å². The predicted molar refractivity (Wildman–Crippen MR) is 89.5 cm³/mol. The van der Waals surface area contributed by atoms with Crippen LogP contribution < -0.4 is 10.6 Å². The summed E-state index contributed by atoms with van der Waals surface area (Å²) in [5.74, 6) is 0.337. The topological polar surface area (TPSA) is 66.9 Å². The number of nitrogens with one attached hydrogen (secondary N) is 2. The van der Waals surface area contributed by atoms with Gasteiger partial charge in [-0.05, 0) is 30.7 Å². The van der Waals surface area contributed by atoms with E-state index in [2.05, 4.69) is 27.8 Å². The summed E-state index contributed by atoms with van der Waals surface area (Å²) in [6.45, 7) is 3.01. The van der Waals surface area contributed by atoms with Crippen LogP contribution >= 0.6 is 11.6 Å². The molecule has 0 radical (unpaired) electrons. The first-order valence-electron chi connectivity index (χ1n) is 7.34. The molecule has 0 aliphatic carbocycles. The summed E-state index contributed by atoms with van der Waals surface area (Å²) in [5, 5.41) is 14.3. The first-order valence-corrected chi connectivity index (χ1v) is 7.72. The lowest BCUT2D eigenvalue weighted by Crippen LogP contribution is -2.15. The first kappa shape index (κ1) is 16.2. The Morgan fingerprint density at radius 3 is 2.64 bits per heavy atom. The Morgan fingerprint density at radius 1 is 1.14 bits per heavy atom. The van der Waals surface area contributed by atoms with Crippen LogP contribution in [0.2, 0.25) is 5.02 Å². The number of rotatable bonds is 7. The molecule has 6 heteroatoms. The van der Waals surface area contributed by atoms with Gasteiger partial charge in [-0.25, -0.2) is 0 Å². The predicted octanol–water partition coefficient (Wildman–Crippen LogP) is 3.98. The fourth-order valence-corrected chi connectivity index (χ4v) is 2.07. The molecule has 1 heterocycles. The summed E-state index contributed by atoms with van der Waals surface area (Å²) >= 11 is 6.00. The molecule has 0 fully saturated rings. The molecule has 22 heavy (non-hydrogen) atoms. The molecule has 2 aromatic rings. The number of unbranched alkanes of at least 4 members (excludes halogenated alkanes) is 2. The zero-order valence-corrected chi connectivity index (χ0v) is 13.2. The number of carbonyl (C=O) groups is 1. The summed E-state index contributed by atoms with van der Waals surface area (Å²) in [5.41, 5.74) is 0.803. The van der Waals surface area contributed by atoms with Gasteiger partial charge in [-0.3, -0.25) is 4.79 Å². The van der Waals surface area contributed by atoms with E-state index >= 15 is 0 Å². The number of nitrogens with zero attached hydrogens (tertiary/aromatic N) is 2. The Balaban J connectivity index is 1.92. The van der Waals surface area contributed by atoms with Crippen molar-refractivity contribution >= 4 is 29.0 Å². The average Bonchev–Trinajstić information content (AvgIpc) is 2.54. The quantitative estimate of drug-likeness (QED) is 0.758. The lowest BCUT2D eigenvalue weighted by molar-refractivity contribution is 0.102. The highest BCUT2D eigenvalue weighted by Crippen LogP contribution is 2.20. The molecule has 1 aromatic carbocycles. The number of hydrogen-bond acceptors (Lipinski definition) is 4. The smallest absolute Gasteiger partial charge is 0.276 e. The van der Waals surface area contributed by atoms with Crippen LogP contribution in [0.15, 0.2) is 36.4 Å². The number of halogens is 1. The standard InChI is InChI=1S/C16H19ClN4O/c1-2-3-6-11-18-15-10-9-14(20-21-15)16(22)19-13-8-5-4-7-12(13)17/h4-5,7-10H,2-3,6,11H2,1H3,(H,18,21)(H,19,22). The maximum Gasteiger partial charge on any atom is 0.276 e. The van der Waals surface area contributed by atoms with Gasteiger partial charge in [0.15, 0.2) is 5.69 Å². The summed E-state index contributed by atoms with van der Waals surface area (Å²) in [7, 11) is 0. The molecular weight excluding hydrogens is 300 g/mol. The Bertz CT molecular complexity index is 616. The highest BCUT2D eigenvalue weighted by molar-refractivity contribution is 6.33. The van der Waals surface area contributed by atoms with Crippen LogP contribution in [0.3, 0.4) is 0 Å². The van der Waals surface area contributed by atoms with Crippen molar-refractivity contribution in [2.45, 2.75) is 26.2 Å². The van der Waals surface area contributed by atoms with Crippen molar-refractivity contribution in [1.29, 1.82) is 0 Å². The largest absolute Gasteiger partial charge is 0.369 e. The molecular formula is C16H19ClN4O. The molecule has 0 bridgehead atoms. The highest BCUT2D eigenvalue weighted by atomic mass is 35.5. The zero-order chi connectivity index (χ0) is 15.8. The van der Waals surface area contributed by atoms with Crippen molar-refractivity contribution in [3.63, 3.8) is 0 Å². The fourth-order valence-electron chi connectivity index (χ4n) is 1.89. The van der Waals surface area contributed by atoms with Crippen LogP contribution in [-0.4, -0.2) is 22.6 Å². The Morgan fingerprint density at radius 2 is 1.95 bits per heavy atom. The second-order valence-corrected chi connectivity index (χ2v) is 5.28. The van der Waals surface area contributed by atoms with Crippen LogP contribution in [0, 0.1) is 0 Å². The second kappa shape index (κ2) is 8.34. The van der Waals surface area contributed by atoms with Gasteiger partial charge in [0.25, 0.3) is 5.91 Å². The minimum absolute atomic E-state index is 0.249. The van der Waals surface area contributed by atoms with Crippen molar-refractivity contribution < 1.29 is 4.79 Å². The number of anilines is 2. The van der Waals surface area contributed by atoms with E-state index in [1.807, 2.05) is 0 Å². The molecule has 0 spiro atoms. The number of para-hydroxylation sites is 1. The van der Waals surface area contributed by atoms with E-state index in [0.717, 1.165) is 13.0 Å². The molecule has 1 amide bonds. The Labute approximate surface area is 135 Å². The van der Waals surface area contributed by atoms with Gasteiger partial charge < -0.3 is 10.6 Å². The molecule has 0 saturated heterocycles. The molecule has 0 aliphatic heterocycles. The average molecular weight is 319 g/mol. The maximum atomic E-state index is 12.1. The Kier molecular flexibility index (Phi) is 6.15. The summed E-state index contributed by atoms with van der Waals surface area (Å²) in [4.78, 5) is 12.1. The van der Waals surface area contributed by atoms with Crippen LogP contribution in [-0.2, 0) is 0 Å². The van der Waals surface area contributed by atoms with Crippen molar-refractivity contribution in [2.24, 2.45) is 0 Å². The minimum atomic E-state index is -0.335. The fraction of sp³-hybridized carbons (Fsp3) is 0.312. The molecule has 5 nitrogen and oxygen atoms in total. The third-order valence-electron chi connectivity index (χ3n) is 3.11. The zero-order valence-electron chi connectivity index (χ0n) is 12.5. The minimum Gasteiger partial charge on any atom is -0.369 e. The van der Waals surface area contributed by atoms with Crippen LogP contribution in [0.5, 0.6) is 0 Å². The molecule has 0 aliphatic rings. The number of hydrogen-bond donors (Lipinski definition) is 2. The molecule has 1 aromatic heterocycles. The molecule has 2 rings (SSSR count). The number of benzene rings is 1. The van der Waals surface area contributed by atoms with E-state index in [1.165, 1.54) is 12.8 Å². The molecule has 2 N–H and O–H groups in total. The van der Waals surface area contributed by atoms with E-state index < -0.39 is 0 Å². The van der Waals surface area contributed by atoms with Gasteiger partial charge in [0.1, 0.15) is 5.82 Å². The molecule has 0 atom stereocenters. The van der Waals surface area contributed by atoms with Gasteiger partial charge >= 0.3 is 0 Å². The van der Waals surface area contributed by atoms with Crippen molar-refractivity contribution in [3.05, 3.63) is 47.1 Å². The highest BCUT2D eigenvalue weighted by Gasteiger charge is 2.10. The van der Waals surface area contributed by atoms with Gasteiger partial charge in [-0.2, -0.15) is 0 Å². The van der Waals surface area contributed by atoms with Crippen LogP contribution in [0.4, 0.5) is 11.5 Å². The Hall–Kier alpha value is -2.14. The van der Waals surface area contributed by atoms with E-state index in [9.17, 15) is 4.79 Å². The van der Waals surface area contributed by atoms with E-state index in [4.69, 9.17) is 11.6 Å². The van der Waals surface area contributed by atoms with E-state index in [0.29, 0.717) is 16.5 Å². The van der Waals surface area contributed by atoms with Gasteiger partial charge in [0.05, 0.1) is 10.7 Å². The van der Waals surface area contributed by atoms with Crippen molar-refractivity contribution in [1.82, 2.24) is 10.2 Å². The van der Waals surface area contributed by atoms with Gasteiger partial charge in [-0.15, -0.1) is 10.2 Å². The maximum absolute atomic E-state index is 12.1. The molecule has 0 saturated carbocycles. The van der Waals surface area contributed by atoms with Gasteiger partial charge in [0, 0.05) is 6.54 Å². The van der Waals surface area contributed by atoms with Crippen molar-refractivity contribution in [2.75, 3.05) is 17.2 Å². The number of aromatic nitrogens is 2. The third kappa shape index (κ3) is 4.70. The van der Waals surface area contributed by atoms with Crippen molar-refractivity contribution in [3.8, 4) is 0 Å². The SMILES string of the molecule is CCCCCNc1ccc(C(=O)Nc2ccccc2Cl)nn1. The number of amides is 1. The number of carbonyl (C=O) groups excluding carboxylic acids is 1. The van der Waals surface area contributed by atoms with Crippen LogP contribution in [0.25, 0.3) is 0 Å². The normalized spacial score (nSPS) is 10.3.